The Morgan fingerprint density at radius 1 is 1.56 bits per heavy atom. The van der Waals surface area contributed by atoms with Gasteiger partial charge in [0.25, 0.3) is 11.6 Å². The second kappa shape index (κ2) is 6.57. The van der Waals surface area contributed by atoms with Crippen LogP contribution in [-0.4, -0.2) is 17.4 Å². The van der Waals surface area contributed by atoms with E-state index in [0.717, 1.165) is 0 Å². The van der Waals surface area contributed by atoms with Crippen molar-refractivity contribution in [2.24, 2.45) is 0 Å². The van der Waals surface area contributed by atoms with Gasteiger partial charge in [-0.25, -0.2) is 0 Å². The number of nitrogens with one attached hydrogen (secondary N) is 1. The molecule has 0 bridgehead atoms. The number of halogens is 1. The number of unbranched alkanes of at least 4 members (excludes halogenated alkanes) is 1. The van der Waals surface area contributed by atoms with Gasteiger partial charge in [0.2, 0.25) is 0 Å². The van der Waals surface area contributed by atoms with E-state index in [4.69, 9.17) is 16.9 Å². The molecule has 18 heavy (non-hydrogen) atoms. The van der Waals surface area contributed by atoms with Crippen molar-refractivity contribution in [3.63, 3.8) is 0 Å². The number of carbonyl (C=O) groups is 1. The summed E-state index contributed by atoms with van der Waals surface area (Å²) in [7, 11) is 0. The molecule has 0 spiro atoms. The third kappa shape index (κ3) is 3.43. The first-order valence-corrected chi connectivity index (χ1v) is 5.53. The molecule has 0 radical (unpaired) electrons. The number of amides is 1. The van der Waals surface area contributed by atoms with Crippen molar-refractivity contribution in [3.05, 3.63) is 38.9 Å². The third-order valence-electron chi connectivity index (χ3n) is 2.17. The number of rotatable bonds is 5. The third-order valence-corrected chi connectivity index (χ3v) is 2.48. The Hall–Kier alpha value is -2.13. The number of benzene rings is 1. The molecule has 1 amide bonds. The minimum atomic E-state index is -0.657. The van der Waals surface area contributed by atoms with Crippen LogP contribution in [0.25, 0.3) is 0 Å². The lowest BCUT2D eigenvalue weighted by atomic mass is 10.1. The van der Waals surface area contributed by atoms with E-state index in [-0.39, 0.29) is 22.8 Å². The fourth-order valence-electron chi connectivity index (χ4n) is 1.35. The highest BCUT2D eigenvalue weighted by molar-refractivity contribution is 6.34. The lowest BCUT2D eigenvalue weighted by Gasteiger charge is -2.06. The highest BCUT2D eigenvalue weighted by Gasteiger charge is 2.22. The molecule has 6 nitrogen and oxygen atoms in total. The number of nitrogens with zero attached hydrogens (tertiary/aromatic N) is 2. The lowest BCUT2D eigenvalue weighted by molar-refractivity contribution is -0.385. The van der Waals surface area contributed by atoms with Gasteiger partial charge in [0.1, 0.15) is 5.56 Å². The average molecular weight is 268 g/mol. The minimum Gasteiger partial charge on any atom is -0.352 e. The van der Waals surface area contributed by atoms with E-state index in [0.29, 0.717) is 12.8 Å². The van der Waals surface area contributed by atoms with Crippen LogP contribution in [0.5, 0.6) is 0 Å². The molecule has 0 aromatic heterocycles. The molecule has 0 saturated carbocycles. The van der Waals surface area contributed by atoms with E-state index < -0.39 is 10.8 Å². The second-order valence-corrected chi connectivity index (χ2v) is 3.82. The molecule has 0 aliphatic heterocycles. The molecule has 1 rings (SSSR count). The van der Waals surface area contributed by atoms with Crippen LogP contribution in [0.4, 0.5) is 5.69 Å². The monoisotopic (exact) mass is 267 g/mol. The zero-order valence-electron chi connectivity index (χ0n) is 9.35. The molecule has 0 saturated heterocycles. The maximum atomic E-state index is 11.8. The minimum absolute atomic E-state index is 0.0296. The van der Waals surface area contributed by atoms with Crippen molar-refractivity contribution < 1.29 is 9.72 Å². The Morgan fingerprint density at radius 3 is 2.89 bits per heavy atom. The van der Waals surface area contributed by atoms with E-state index >= 15 is 0 Å². The maximum Gasteiger partial charge on any atom is 0.283 e. The summed E-state index contributed by atoms with van der Waals surface area (Å²) in [5.41, 5.74) is -0.485. The first kappa shape index (κ1) is 13.9. The van der Waals surface area contributed by atoms with Crippen LogP contribution in [0.1, 0.15) is 23.2 Å². The van der Waals surface area contributed by atoms with Crippen LogP contribution < -0.4 is 5.32 Å². The number of hydrogen-bond donors (Lipinski definition) is 1. The Bertz CT molecular complexity index is 511. The van der Waals surface area contributed by atoms with Crippen LogP contribution in [0, 0.1) is 21.4 Å². The highest BCUT2D eigenvalue weighted by Crippen LogP contribution is 2.25. The molecular weight excluding hydrogens is 258 g/mol. The Labute approximate surface area is 108 Å². The van der Waals surface area contributed by atoms with Gasteiger partial charge in [0.05, 0.1) is 16.0 Å². The molecule has 1 aromatic rings. The van der Waals surface area contributed by atoms with Crippen molar-refractivity contribution in [2.45, 2.75) is 12.8 Å². The largest absolute Gasteiger partial charge is 0.352 e. The van der Waals surface area contributed by atoms with Crippen molar-refractivity contribution in [1.29, 1.82) is 5.26 Å². The van der Waals surface area contributed by atoms with Crippen LogP contribution in [-0.2, 0) is 0 Å². The van der Waals surface area contributed by atoms with Gasteiger partial charge in [0, 0.05) is 19.0 Å². The van der Waals surface area contributed by atoms with E-state index in [2.05, 4.69) is 5.32 Å². The van der Waals surface area contributed by atoms with Gasteiger partial charge < -0.3 is 5.32 Å². The summed E-state index contributed by atoms with van der Waals surface area (Å²) in [5.74, 6) is -0.606. The van der Waals surface area contributed by atoms with Crippen LogP contribution in [0.3, 0.4) is 0 Å². The summed E-state index contributed by atoms with van der Waals surface area (Å²) < 4.78 is 0. The molecule has 1 N–H and O–H groups in total. The number of carbonyl (C=O) groups excluding carboxylic acids is 1. The van der Waals surface area contributed by atoms with Crippen molar-refractivity contribution in [2.75, 3.05) is 6.54 Å². The van der Waals surface area contributed by atoms with Crippen LogP contribution in [0.2, 0.25) is 5.02 Å². The smallest absolute Gasteiger partial charge is 0.283 e. The number of nitriles is 1. The molecule has 0 heterocycles. The fourth-order valence-corrected chi connectivity index (χ4v) is 1.60. The van der Waals surface area contributed by atoms with Gasteiger partial charge in [-0.2, -0.15) is 5.26 Å². The normalized spacial score (nSPS) is 9.56. The van der Waals surface area contributed by atoms with Gasteiger partial charge in [-0.15, -0.1) is 0 Å². The Balaban J connectivity index is 2.85. The second-order valence-electron chi connectivity index (χ2n) is 3.41. The van der Waals surface area contributed by atoms with Gasteiger partial charge in [0.15, 0.2) is 0 Å². The summed E-state index contributed by atoms with van der Waals surface area (Å²) in [6.45, 7) is 0.273. The summed E-state index contributed by atoms with van der Waals surface area (Å²) in [4.78, 5) is 21.9. The molecule has 0 aliphatic carbocycles. The zero-order valence-corrected chi connectivity index (χ0v) is 10.1. The predicted molar refractivity (Wildman–Crippen MR) is 65.3 cm³/mol. The van der Waals surface area contributed by atoms with Crippen molar-refractivity contribution >= 4 is 23.2 Å². The van der Waals surface area contributed by atoms with Gasteiger partial charge in [-0.05, 0) is 12.5 Å². The molecule has 0 aliphatic rings. The van der Waals surface area contributed by atoms with Gasteiger partial charge >= 0.3 is 0 Å². The molecule has 0 atom stereocenters. The molecule has 1 aromatic carbocycles. The SMILES string of the molecule is N#CCCCNC(=O)c1c(Cl)cccc1[N+](=O)[O-]. The van der Waals surface area contributed by atoms with E-state index in [1.807, 2.05) is 6.07 Å². The van der Waals surface area contributed by atoms with E-state index in [1.165, 1.54) is 18.2 Å². The van der Waals surface area contributed by atoms with Crippen LogP contribution >= 0.6 is 11.6 Å². The van der Waals surface area contributed by atoms with Crippen molar-refractivity contribution in [1.82, 2.24) is 5.32 Å². The van der Waals surface area contributed by atoms with E-state index in [9.17, 15) is 14.9 Å². The number of nitro benzene ring substituents is 1. The van der Waals surface area contributed by atoms with E-state index in [1.54, 1.807) is 0 Å². The van der Waals surface area contributed by atoms with Gasteiger partial charge in [-0.3, -0.25) is 14.9 Å². The summed E-state index contributed by atoms with van der Waals surface area (Å²) in [6.07, 6.45) is 0.797. The number of nitro groups is 1. The molecule has 7 heteroatoms. The number of hydrogen-bond acceptors (Lipinski definition) is 4. The Morgan fingerprint density at radius 2 is 2.28 bits per heavy atom. The quantitative estimate of drug-likeness (QED) is 0.503. The zero-order chi connectivity index (χ0) is 13.5. The Kier molecular flexibility index (Phi) is 5.08. The molecular formula is C11H10ClN3O3. The summed E-state index contributed by atoms with van der Waals surface area (Å²) >= 11 is 5.79. The van der Waals surface area contributed by atoms with Gasteiger partial charge in [-0.1, -0.05) is 17.7 Å². The predicted octanol–water partition coefficient (Wildman–Crippen LogP) is 2.28. The standard InChI is InChI=1S/C11H10ClN3O3/c12-8-4-3-5-9(15(17)18)10(8)11(16)14-7-2-1-6-13/h3-5H,1-2,7H2,(H,14,16). The summed E-state index contributed by atoms with van der Waals surface area (Å²) in [5, 5.41) is 21.6. The lowest BCUT2D eigenvalue weighted by Crippen LogP contribution is -2.25. The first-order valence-electron chi connectivity index (χ1n) is 5.16. The highest BCUT2D eigenvalue weighted by atomic mass is 35.5. The fraction of sp³-hybridized carbons (Fsp3) is 0.273. The molecule has 0 unspecified atom stereocenters. The topological polar surface area (TPSA) is 96.0 Å². The van der Waals surface area contributed by atoms with Crippen molar-refractivity contribution in [3.8, 4) is 6.07 Å². The first-order chi connectivity index (χ1) is 8.57. The maximum absolute atomic E-state index is 11.8. The average Bonchev–Trinajstić information content (AvgIpc) is 2.34. The summed E-state index contributed by atoms with van der Waals surface area (Å²) in [6, 6.07) is 5.98. The molecule has 94 valence electrons. The van der Waals surface area contributed by atoms with Crippen LogP contribution in [0.15, 0.2) is 18.2 Å². The molecule has 0 fully saturated rings.